The fraction of sp³-hybridized carbons (Fsp3) is 0.100. The van der Waals surface area contributed by atoms with Crippen molar-refractivity contribution in [2.75, 3.05) is 14.1 Å². The Bertz CT molecular complexity index is 1060. The molecular formula is C20H17Cl2N3O2. The maximum atomic E-state index is 12.5. The predicted molar refractivity (Wildman–Crippen MR) is 110 cm³/mol. The summed E-state index contributed by atoms with van der Waals surface area (Å²) in [6, 6.07) is 12.5. The highest BCUT2D eigenvalue weighted by Gasteiger charge is 2.20. The summed E-state index contributed by atoms with van der Waals surface area (Å²) in [5.41, 5.74) is 2.57. The summed E-state index contributed by atoms with van der Waals surface area (Å²) in [4.78, 5) is 28.0. The number of H-pyrrole nitrogens is 1. The lowest BCUT2D eigenvalue weighted by Crippen LogP contribution is -2.20. The Morgan fingerprint density at radius 1 is 1.04 bits per heavy atom. The van der Waals surface area contributed by atoms with E-state index in [0.29, 0.717) is 37.8 Å². The Balaban J connectivity index is 2.35. The minimum absolute atomic E-state index is 0.275. The number of rotatable bonds is 4. The van der Waals surface area contributed by atoms with Gasteiger partial charge in [-0.25, -0.2) is 0 Å². The Hall–Kier alpha value is -2.76. The van der Waals surface area contributed by atoms with Gasteiger partial charge in [0.15, 0.2) is 0 Å². The average Bonchev–Trinajstić information content (AvgIpc) is 3.03. The molecule has 0 unspecified atom stereocenters. The van der Waals surface area contributed by atoms with Crippen molar-refractivity contribution in [2.45, 2.75) is 0 Å². The second-order valence-corrected chi connectivity index (χ2v) is 6.65. The maximum absolute atomic E-state index is 12.5. The van der Waals surface area contributed by atoms with E-state index in [4.69, 9.17) is 23.2 Å². The minimum atomic E-state index is -0.325. The van der Waals surface area contributed by atoms with Gasteiger partial charge in [-0.1, -0.05) is 53.5 Å². The molecule has 0 atom stereocenters. The third-order valence-electron chi connectivity index (χ3n) is 4.15. The fourth-order valence-corrected chi connectivity index (χ4v) is 3.49. The summed E-state index contributed by atoms with van der Waals surface area (Å²) in [7, 11) is 3.09. The van der Waals surface area contributed by atoms with Crippen molar-refractivity contribution in [3.8, 4) is 0 Å². The Morgan fingerprint density at radius 2 is 1.74 bits per heavy atom. The van der Waals surface area contributed by atoms with Gasteiger partial charge in [-0.15, -0.1) is 0 Å². The van der Waals surface area contributed by atoms with Crippen molar-refractivity contribution >= 4 is 57.6 Å². The van der Waals surface area contributed by atoms with Gasteiger partial charge in [-0.05, 0) is 23.8 Å². The molecule has 3 rings (SSSR count). The number of carbonyl (C=O) groups excluding carboxylic acids is 2. The smallest absolute Gasteiger partial charge is 0.268 e. The summed E-state index contributed by atoms with van der Waals surface area (Å²) in [5, 5.41) is 6.69. The number of aromatic nitrogens is 1. The number of halogens is 2. The van der Waals surface area contributed by atoms with Gasteiger partial charge in [0.25, 0.3) is 11.8 Å². The van der Waals surface area contributed by atoms with Gasteiger partial charge in [-0.3, -0.25) is 9.59 Å². The van der Waals surface area contributed by atoms with Crippen LogP contribution in [0, 0.1) is 0 Å². The first kappa shape index (κ1) is 19.0. The second-order valence-electron chi connectivity index (χ2n) is 5.81. The zero-order valence-corrected chi connectivity index (χ0v) is 16.2. The molecule has 0 aliphatic carbocycles. The standard InChI is InChI=1S/C20H17Cl2N3O2/c1-23-19(26)13(11-6-4-3-5-7-11)10-14-17-15(22)8-12(21)9-16(17)25-18(14)20(27)24-2/h3-10,25H,1-2H3,(H,23,26)(H,24,27)/b13-10-. The number of nitrogens with one attached hydrogen (secondary N) is 3. The van der Waals surface area contributed by atoms with E-state index in [1.807, 2.05) is 30.3 Å². The number of benzene rings is 2. The van der Waals surface area contributed by atoms with Crippen LogP contribution in [0.2, 0.25) is 10.0 Å². The third-order valence-corrected chi connectivity index (χ3v) is 4.67. The van der Waals surface area contributed by atoms with E-state index in [0.717, 1.165) is 5.56 Å². The number of likely N-dealkylation sites (N-methyl/N-ethyl adjacent to an activating group) is 1. The zero-order valence-electron chi connectivity index (χ0n) is 14.7. The van der Waals surface area contributed by atoms with Gasteiger partial charge < -0.3 is 15.6 Å². The van der Waals surface area contributed by atoms with Crippen LogP contribution in [0.4, 0.5) is 0 Å². The van der Waals surface area contributed by atoms with Crippen molar-refractivity contribution in [3.63, 3.8) is 0 Å². The summed E-state index contributed by atoms with van der Waals surface area (Å²) in [6.07, 6.45) is 1.66. The van der Waals surface area contributed by atoms with E-state index in [9.17, 15) is 9.59 Å². The molecule has 138 valence electrons. The molecule has 7 heteroatoms. The van der Waals surface area contributed by atoms with E-state index >= 15 is 0 Å². The first-order chi connectivity index (χ1) is 13.0. The lowest BCUT2D eigenvalue weighted by molar-refractivity contribution is -0.115. The highest BCUT2D eigenvalue weighted by molar-refractivity contribution is 6.39. The molecule has 2 aromatic carbocycles. The Labute approximate surface area is 166 Å². The highest BCUT2D eigenvalue weighted by Crippen LogP contribution is 2.35. The molecule has 5 nitrogen and oxygen atoms in total. The van der Waals surface area contributed by atoms with Crippen molar-refractivity contribution in [2.24, 2.45) is 0 Å². The first-order valence-electron chi connectivity index (χ1n) is 8.18. The monoisotopic (exact) mass is 401 g/mol. The van der Waals surface area contributed by atoms with E-state index in [2.05, 4.69) is 15.6 Å². The van der Waals surface area contributed by atoms with Crippen LogP contribution in [0.15, 0.2) is 42.5 Å². The van der Waals surface area contributed by atoms with Crippen LogP contribution < -0.4 is 10.6 Å². The van der Waals surface area contributed by atoms with Gasteiger partial charge in [0.1, 0.15) is 5.69 Å². The SMILES string of the molecule is CNC(=O)/C(=C\c1c(C(=O)NC)[nH]c2cc(Cl)cc(Cl)c12)c1ccccc1. The maximum Gasteiger partial charge on any atom is 0.268 e. The van der Waals surface area contributed by atoms with E-state index in [1.165, 1.54) is 7.05 Å². The van der Waals surface area contributed by atoms with E-state index < -0.39 is 0 Å². The molecule has 0 radical (unpaired) electrons. The van der Waals surface area contributed by atoms with Crippen LogP contribution in [0.3, 0.4) is 0 Å². The lowest BCUT2D eigenvalue weighted by atomic mass is 10.00. The zero-order chi connectivity index (χ0) is 19.6. The minimum Gasteiger partial charge on any atom is -0.355 e. The summed E-state index contributed by atoms with van der Waals surface area (Å²) in [5.74, 6) is -0.600. The number of aromatic amines is 1. The lowest BCUT2D eigenvalue weighted by Gasteiger charge is -2.08. The van der Waals surface area contributed by atoms with Crippen LogP contribution in [-0.4, -0.2) is 30.9 Å². The molecule has 0 spiro atoms. The van der Waals surface area contributed by atoms with Crippen molar-refractivity contribution < 1.29 is 9.59 Å². The average molecular weight is 402 g/mol. The molecule has 0 aliphatic rings. The molecule has 1 heterocycles. The Kier molecular flexibility index (Phi) is 5.54. The van der Waals surface area contributed by atoms with Crippen LogP contribution in [0.1, 0.15) is 21.6 Å². The third kappa shape index (κ3) is 3.70. The number of carbonyl (C=O) groups is 2. The number of hydrogen-bond donors (Lipinski definition) is 3. The van der Waals surface area contributed by atoms with Gasteiger partial charge in [-0.2, -0.15) is 0 Å². The van der Waals surface area contributed by atoms with Crippen molar-refractivity contribution in [1.82, 2.24) is 15.6 Å². The van der Waals surface area contributed by atoms with Crippen LogP contribution in [-0.2, 0) is 4.79 Å². The van der Waals surface area contributed by atoms with E-state index in [1.54, 1.807) is 25.3 Å². The molecule has 1 aromatic heterocycles. The predicted octanol–water partition coefficient (Wildman–Crippen LogP) is 4.12. The van der Waals surface area contributed by atoms with Gasteiger partial charge >= 0.3 is 0 Å². The normalized spacial score (nSPS) is 11.5. The molecule has 27 heavy (non-hydrogen) atoms. The molecule has 3 aromatic rings. The number of amides is 2. The summed E-state index contributed by atoms with van der Waals surface area (Å²) < 4.78 is 0. The largest absolute Gasteiger partial charge is 0.355 e. The topological polar surface area (TPSA) is 74.0 Å². The highest BCUT2D eigenvalue weighted by atomic mass is 35.5. The summed E-state index contributed by atoms with van der Waals surface area (Å²) >= 11 is 12.5. The number of hydrogen-bond acceptors (Lipinski definition) is 2. The molecular weight excluding hydrogens is 385 g/mol. The summed E-state index contributed by atoms with van der Waals surface area (Å²) in [6.45, 7) is 0. The van der Waals surface area contributed by atoms with Gasteiger partial charge in [0.05, 0.1) is 5.02 Å². The molecule has 0 saturated carbocycles. The van der Waals surface area contributed by atoms with Crippen LogP contribution in [0.25, 0.3) is 22.6 Å². The van der Waals surface area contributed by atoms with Crippen molar-refractivity contribution in [3.05, 3.63) is 69.3 Å². The quantitative estimate of drug-likeness (QED) is 0.575. The first-order valence-corrected chi connectivity index (χ1v) is 8.93. The molecule has 3 N–H and O–H groups in total. The number of fused-ring (bicyclic) bond motifs is 1. The van der Waals surface area contributed by atoms with Gasteiger partial charge in [0, 0.05) is 41.2 Å². The fourth-order valence-electron chi connectivity index (χ4n) is 2.90. The van der Waals surface area contributed by atoms with E-state index in [-0.39, 0.29) is 11.8 Å². The molecule has 0 aliphatic heterocycles. The van der Waals surface area contributed by atoms with Crippen molar-refractivity contribution in [1.29, 1.82) is 0 Å². The van der Waals surface area contributed by atoms with Crippen LogP contribution in [0.5, 0.6) is 0 Å². The molecule has 0 saturated heterocycles. The molecule has 0 fully saturated rings. The molecule has 0 bridgehead atoms. The Morgan fingerprint density at radius 3 is 2.37 bits per heavy atom. The second kappa shape index (κ2) is 7.86. The van der Waals surface area contributed by atoms with Crippen LogP contribution >= 0.6 is 23.2 Å². The van der Waals surface area contributed by atoms with Gasteiger partial charge in [0.2, 0.25) is 0 Å². The molecule has 2 amide bonds.